The second-order valence-electron chi connectivity index (χ2n) is 10.3. The lowest BCUT2D eigenvalue weighted by Gasteiger charge is -2.17. The second-order valence-corrected chi connectivity index (χ2v) is 10.3. The fourth-order valence-electron chi connectivity index (χ4n) is 5.29. The normalized spacial score (nSPS) is 14.2. The molecule has 0 atom stereocenters. The Morgan fingerprint density at radius 2 is 0.850 bits per heavy atom. The number of rotatable bonds is 4. The molecule has 4 amide bonds. The van der Waals surface area contributed by atoms with E-state index in [4.69, 9.17) is 0 Å². The van der Waals surface area contributed by atoms with Crippen LogP contribution >= 0.6 is 0 Å². The van der Waals surface area contributed by atoms with Gasteiger partial charge in [0.2, 0.25) is 0 Å². The van der Waals surface area contributed by atoms with Gasteiger partial charge in [-0.3, -0.25) is 24.0 Å². The Bertz CT molecular complexity index is 1720. The maximum absolute atomic E-state index is 13.5. The summed E-state index contributed by atoms with van der Waals surface area (Å²) in [5.41, 5.74) is 5.54. The molecular weight excluding hydrogens is 504 g/mol. The number of carbonyl (C=O) groups is 5. The molecule has 0 saturated carbocycles. The third-order valence-corrected chi connectivity index (χ3v) is 7.51. The van der Waals surface area contributed by atoms with Crippen LogP contribution in [0, 0.1) is 27.7 Å². The Morgan fingerprint density at radius 1 is 0.475 bits per heavy atom. The van der Waals surface area contributed by atoms with Gasteiger partial charge in [-0.2, -0.15) is 0 Å². The lowest BCUT2D eigenvalue weighted by molar-refractivity contribution is 0.0910. The van der Waals surface area contributed by atoms with E-state index in [9.17, 15) is 24.0 Å². The summed E-state index contributed by atoms with van der Waals surface area (Å²) >= 11 is 0. The summed E-state index contributed by atoms with van der Waals surface area (Å²) in [4.78, 5) is 68.8. The number of nitrogens with zero attached hydrogens (tertiary/aromatic N) is 2. The van der Waals surface area contributed by atoms with Gasteiger partial charge in [0.1, 0.15) is 0 Å². The molecule has 0 radical (unpaired) electrons. The molecule has 2 aliphatic heterocycles. The quantitative estimate of drug-likeness (QED) is 0.248. The largest absolute Gasteiger partial charge is 0.289 e. The first-order chi connectivity index (χ1) is 19.1. The number of hydrogen-bond donors (Lipinski definition) is 0. The molecule has 7 nitrogen and oxygen atoms in total. The number of amides is 4. The predicted octanol–water partition coefficient (Wildman–Crippen LogP) is 5.75. The van der Waals surface area contributed by atoms with Gasteiger partial charge in [-0.15, -0.1) is 0 Å². The molecule has 0 aliphatic carbocycles. The van der Waals surface area contributed by atoms with E-state index in [1.807, 2.05) is 52.0 Å². The van der Waals surface area contributed by atoms with Crippen LogP contribution in [-0.2, 0) is 0 Å². The minimum absolute atomic E-state index is 0.144. The van der Waals surface area contributed by atoms with Crippen molar-refractivity contribution in [2.24, 2.45) is 0 Å². The minimum Gasteiger partial charge on any atom is -0.289 e. The lowest BCUT2D eigenvalue weighted by Crippen LogP contribution is -2.30. The van der Waals surface area contributed by atoms with E-state index >= 15 is 0 Å². The molecule has 40 heavy (non-hydrogen) atoms. The molecule has 4 aromatic rings. The minimum atomic E-state index is -0.498. The molecule has 196 valence electrons. The molecule has 4 aromatic carbocycles. The summed E-state index contributed by atoms with van der Waals surface area (Å²) in [7, 11) is 0. The van der Waals surface area contributed by atoms with Crippen LogP contribution in [0.2, 0.25) is 0 Å². The number of hydrogen-bond acceptors (Lipinski definition) is 5. The Labute approximate surface area is 230 Å². The van der Waals surface area contributed by atoms with Gasteiger partial charge in [-0.1, -0.05) is 36.4 Å². The summed E-state index contributed by atoms with van der Waals surface area (Å²) in [5.74, 6) is -2.31. The monoisotopic (exact) mass is 528 g/mol. The number of benzene rings is 4. The van der Waals surface area contributed by atoms with Gasteiger partial charge in [-0.25, -0.2) is 9.80 Å². The third-order valence-electron chi connectivity index (χ3n) is 7.51. The Hall–Kier alpha value is -5.17. The van der Waals surface area contributed by atoms with Gasteiger partial charge >= 0.3 is 0 Å². The number of fused-ring (bicyclic) bond motifs is 2. The molecule has 2 heterocycles. The summed E-state index contributed by atoms with van der Waals surface area (Å²) in [6, 6.07) is 19.9. The molecule has 0 aromatic heterocycles. The highest BCUT2D eigenvalue weighted by Crippen LogP contribution is 2.34. The maximum Gasteiger partial charge on any atom is 0.266 e. The summed E-state index contributed by atoms with van der Waals surface area (Å²) in [6.45, 7) is 7.42. The van der Waals surface area contributed by atoms with Crippen molar-refractivity contribution < 1.29 is 24.0 Å². The Morgan fingerprint density at radius 3 is 1.25 bits per heavy atom. The molecule has 0 N–H and O–H groups in total. The number of aryl methyl sites for hydroxylation is 4. The number of imide groups is 2. The zero-order valence-corrected chi connectivity index (χ0v) is 22.4. The fourth-order valence-corrected chi connectivity index (χ4v) is 5.29. The number of ketones is 1. The molecule has 0 spiro atoms. The fraction of sp³-hybridized carbons (Fsp3) is 0.121. The standard InChI is InChI=1S/C33H24N2O5/c1-17-5-7-19(3)27(13-17)34-30(37)23-11-9-21(15-25(23)32(34)39)29(36)22-10-12-24-26(16-22)33(40)35(31(24)38)28-14-18(2)6-8-20(28)4/h5-16H,1-4H3. The van der Waals surface area contributed by atoms with E-state index in [2.05, 4.69) is 0 Å². The molecule has 0 fully saturated rings. The van der Waals surface area contributed by atoms with Gasteiger partial charge in [0.25, 0.3) is 23.6 Å². The van der Waals surface area contributed by atoms with Crippen LogP contribution in [-0.4, -0.2) is 29.4 Å². The predicted molar refractivity (Wildman–Crippen MR) is 150 cm³/mol. The van der Waals surface area contributed by atoms with Crippen molar-refractivity contribution >= 4 is 40.8 Å². The highest BCUT2D eigenvalue weighted by Gasteiger charge is 2.39. The molecule has 0 unspecified atom stereocenters. The average Bonchev–Trinajstić information content (AvgIpc) is 3.34. The van der Waals surface area contributed by atoms with Crippen LogP contribution in [0.3, 0.4) is 0 Å². The van der Waals surface area contributed by atoms with Crippen molar-refractivity contribution in [1.82, 2.24) is 0 Å². The van der Waals surface area contributed by atoms with Gasteiger partial charge < -0.3 is 0 Å². The molecule has 0 saturated heterocycles. The lowest BCUT2D eigenvalue weighted by atomic mass is 9.96. The topological polar surface area (TPSA) is 91.8 Å². The van der Waals surface area contributed by atoms with E-state index in [0.717, 1.165) is 32.1 Å². The second kappa shape index (κ2) is 8.95. The molecule has 0 bridgehead atoms. The van der Waals surface area contributed by atoms with Gasteiger partial charge in [0, 0.05) is 11.1 Å². The SMILES string of the molecule is Cc1ccc(C)c(N2C(=O)c3ccc(C(=O)c4ccc5c(c4)C(=O)N(c4cc(C)ccc4C)C5=O)cc3C2=O)c1. The number of carbonyl (C=O) groups excluding carboxylic acids is 5. The number of anilines is 2. The third kappa shape index (κ3) is 3.70. The maximum atomic E-state index is 13.5. The zero-order chi connectivity index (χ0) is 28.5. The van der Waals surface area contributed by atoms with Crippen LogP contribution in [0.1, 0.15) is 79.6 Å². The van der Waals surface area contributed by atoms with Crippen LogP contribution in [0.5, 0.6) is 0 Å². The van der Waals surface area contributed by atoms with E-state index < -0.39 is 29.4 Å². The van der Waals surface area contributed by atoms with Crippen molar-refractivity contribution in [3.05, 3.63) is 128 Å². The van der Waals surface area contributed by atoms with Crippen molar-refractivity contribution in [2.75, 3.05) is 9.80 Å². The van der Waals surface area contributed by atoms with E-state index in [0.29, 0.717) is 11.4 Å². The molecular formula is C33H24N2O5. The highest BCUT2D eigenvalue weighted by molar-refractivity contribution is 6.36. The first-order valence-corrected chi connectivity index (χ1v) is 12.8. The summed E-state index contributed by atoms with van der Waals surface area (Å²) < 4.78 is 0. The Kier molecular flexibility index (Phi) is 5.62. The van der Waals surface area contributed by atoms with Crippen molar-refractivity contribution in [3.63, 3.8) is 0 Å². The van der Waals surface area contributed by atoms with E-state index in [1.54, 1.807) is 12.1 Å². The van der Waals surface area contributed by atoms with Crippen molar-refractivity contribution in [1.29, 1.82) is 0 Å². The van der Waals surface area contributed by atoms with Crippen LogP contribution in [0.4, 0.5) is 11.4 Å². The van der Waals surface area contributed by atoms with Crippen molar-refractivity contribution in [3.8, 4) is 0 Å². The van der Waals surface area contributed by atoms with E-state index in [-0.39, 0.29) is 33.4 Å². The summed E-state index contributed by atoms with van der Waals surface area (Å²) in [6.07, 6.45) is 0. The van der Waals surface area contributed by atoms with Gasteiger partial charge in [0.15, 0.2) is 5.78 Å². The molecule has 6 rings (SSSR count). The van der Waals surface area contributed by atoms with Crippen LogP contribution < -0.4 is 9.80 Å². The zero-order valence-electron chi connectivity index (χ0n) is 22.4. The molecule has 7 heteroatoms. The average molecular weight is 529 g/mol. The van der Waals surface area contributed by atoms with Crippen LogP contribution in [0.15, 0.2) is 72.8 Å². The summed E-state index contributed by atoms with van der Waals surface area (Å²) in [5, 5.41) is 0. The van der Waals surface area contributed by atoms with Gasteiger partial charge in [-0.05, 0) is 86.3 Å². The van der Waals surface area contributed by atoms with Gasteiger partial charge in [0.05, 0.1) is 33.6 Å². The first-order valence-electron chi connectivity index (χ1n) is 12.8. The smallest absolute Gasteiger partial charge is 0.266 e. The first kappa shape index (κ1) is 25.1. The van der Waals surface area contributed by atoms with Crippen LogP contribution in [0.25, 0.3) is 0 Å². The molecule has 2 aliphatic rings. The highest BCUT2D eigenvalue weighted by atomic mass is 16.2. The van der Waals surface area contributed by atoms with Crippen molar-refractivity contribution in [2.45, 2.75) is 27.7 Å². The Balaban J connectivity index is 1.33. The van der Waals surface area contributed by atoms with E-state index in [1.165, 1.54) is 36.4 Å².